The Hall–Kier alpha value is -1.55. The van der Waals surface area contributed by atoms with Gasteiger partial charge in [0.2, 0.25) is 5.91 Å². The van der Waals surface area contributed by atoms with E-state index in [1.807, 2.05) is 19.9 Å². The molecule has 0 aliphatic carbocycles. The van der Waals surface area contributed by atoms with Crippen molar-refractivity contribution in [3.63, 3.8) is 0 Å². The number of aryl methyl sites for hydroxylation is 1. The molecule has 0 bridgehead atoms. The Morgan fingerprint density at radius 3 is 2.75 bits per heavy atom. The first kappa shape index (κ1) is 12.5. The van der Waals surface area contributed by atoms with Crippen LogP contribution < -0.4 is 10.6 Å². The predicted molar refractivity (Wildman–Crippen MR) is 64.7 cm³/mol. The number of phenols is 1. The topological polar surface area (TPSA) is 61.4 Å². The molecule has 16 heavy (non-hydrogen) atoms. The standard InChI is InChI=1S/C12H18N2O2/c1-3-9-5-6-11(15)10(7-9)14-12(16)8-13-4-2/h5-7,13,15H,3-4,8H2,1-2H3,(H,14,16). The van der Waals surface area contributed by atoms with Crippen LogP contribution in [-0.4, -0.2) is 24.1 Å². The highest BCUT2D eigenvalue weighted by Gasteiger charge is 2.06. The number of anilines is 1. The molecule has 88 valence electrons. The van der Waals surface area contributed by atoms with E-state index in [2.05, 4.69) is 10.6 Å². The van der Waals surface area contributed by atoms with Crippen molar-refractivity contribution in [1.82, 2.24) is 5.32 Å². The summed E-state index contributed by atoms with van der Waals surface area (Å²) in [4.78, 5) is 11.4. The summed E-state index contributed by atoms with van der Waals surface area (Å²) in [6, 6.07) is 5.23. The lowest BCUT2D eigenvalue weighted by Crippen LogP contribution is -2.27. The Balaban J connectivity index is 2.68. The molecule has 0 radical (unpaired) electrons. The van der Waals surface area contributed by atoms with Gasteiger partial charge in [0, 0.05) is 0 Å². The van der Waals surface area contributed by atoms with Gasteiger partial charge in [-0.25, -0.2) is 0 Å². The molecule has 4 nitrogen and oxygen atoms in total. The summed E-state index contributed by atoms with van der Waals surface area (Å²) in [5.74, 6) is -0.0487. The number of phenolic OH excluding ortho intramolecular Hbond substituents is 1. The zero-order chi connectivity index (χ0) is 12.0. The molecule has 4 heteroatoms. The van der Waals surface area contributed by atoms with E-state index in [0.29, 0.717) is 5.69 Å². The van der Waals surface area contributed by atoms with E-state index in [4.69, 9.17) is 0 Å². The van der Waals surface area contributed by atoms with Gasteiger partial charge in [0.05, 0.1) is 12.2 Å². The molecule has 1 amide bonds. The normalized spacial score (nSPS) is 10.1. The first-order chi connectivity index (χ1) is 7.67. The van der Waals surface area contributed by atoms with Gasteiger partial charge in [-0.1, -0.05) is 19.9 Å². The number of aromatic hydroxyl groups is 1. The van der Waals surface area contributed by atoms with Crippen molar-refractivity contribution in [3.8, 4) is 5.75 Å². The molecular formula is C12H18N2O2. The Kier molecular flexibility index (Phi) is 4.79. The second kappa shape index (κ2) is 6.12. The summed E-state index contributed by atoms with van der Waals surface area (Å²) in [7, 11) is 0. The zero-order valence-corrected chi connectivity index (χ0v) is 9.71. The van der Waals surface area contributed by atoms with Crippen LogP contribution in [0.2, 0.25) is 0 Å². The smallest absolute Gasteiger partial charge is 0.238 e. The largest absolute Gasteiger partial charge is 0.506 e. The van der Waals surface area contributed by atoms with Crippen LogP contribution in [-0.2, 0) is 11.2 Å². The van der Waals surface area contributed by atoms with Crippen LogP contribution in [0.1, 0.15) is 19.4 Å². The van der Waals surface area contributed by atoms with E-state index in [9.17, 15) is 9.90 Å². The van der Waals surface area contributed by atoms with Gasteiger partial charge < -0.3 is 15.7 Å². The second-order valence-electron chi connectivity index (χ2n) is 3.53. The molecule has 0 heterocycles. The molecule has 1 rings (SSSR count). The third-order valence-corrected chi connectivity index (χ3v) is 2.28. The van der Waals surface area contributed by atoms with E-state index in [1.54, 1.807) is 12.1 Å². The fourth-order valence-electron chi connectivity index (χ4n) is 1.34. The molecule has 0 saturated heterocycles. The molecule has 0 atom stereocenters. The Bertz CT molecular complexity index is 364. The summed E-state index contributed by atoms with van der Waals surface area (Å²) in [6.07, 6.45) is 0.871. The highest BCUT2D eigenvalue weighted by molar-refractivity contribution is 5.93. The quantitative estimate of drug-likeness (QED) is 0.662. The van der Waals surface area contributed by atoms with Crippen LogP contribution >= 0.6 is 0 Å². The van der Waals surface area contributed by atoms with Crippen molar-refractivity contribution in [3.05, 3.63) is 23.8 Å². The van der Waals surface area contributed by atoms with Crippen molar-refractivity contribution in [2.45, 2.75) is 20.3 Å². The lowest BCUT2D eigenvalue weighted by molar-refractivity contribution is -0.115. The van der Waals surface area contributed by atoms with Crippen LogP contribution in [0, 0.1) is 0 Å². The van der Waals surface area contributed by atoms with Gasteiger partial charge in [-0.15, -0.1) is 0 Å². The number of likely N-dealkylation sites (N-methyl/N-ethyl adjacent to an activating group) is 1. The molecule has 0 aliphatic heterocycles. The molecule has 0 saturated carbocycles. The third-order valence-electron chi connectivity index (χ3n) is 2.28. The lowest BCUT2D eigenvalue weighted by Gasteiger charge is -2.09. The van der Waals surface area contributed by atoms with E-state index < -0.39 is 0 Å². The van der Waals surface area contributed by atoms with Crippen molar-refractivity contribution >= 4 is 11.6 Å². The molecule has 0 fully saturated rings. The fourth-order valence-corrected chi connectivity index (χ4v) is 1.34. The Labute approximate surface area is 95.7 Å². The maximum absolute atomic E-state index is 11.4. The van der Waals surface area contributed by atoms with Crippen LogP contribution in [0.4, 0.5) is 5.69 Å². The average Bonchev–Trinajstić information content (AvgIpc) is 2.29. The fraction of sp³-hybridized carbons (Fsp3) is 0.417. The number of carbonyl (C=O) groups excluding carboxylic acids is 1. The number of nitrogens with one attached hydrogen (secondary N) is 2. The van der Waals surface area contributed by atoms with Crippen molar-refractivity contribution in [1.29, 1.82) is 0 Å². The number of benzene rings is 1. The molecule has 1 aromatic rings. The van der Waals surface area contributed by atoms with E-state index in [-0.39, 0.29) is 18.2 Å². The van der Waals surface area contributed by atoms with E-state index >= 15 is 0 Å². The highest BCUT2D eigenvalue weighted by Crippen LogP contribution is 2.24. The highest BCUT2D eigenvalue weighted by atomic mass is 16.3. The number of rotatable bonds is 5. The molecule has 0 spiro atoms. The first-order valence-electron chi connectivity index (χ1n) is 5.49. The van der Waals surface area contributed by atoms with Crippen LogP contribution in [0.3, 0.4) is 0 Å². The number of hydrogen-bond acceptors (Lipinski definition) is 3. The molecular weight excluding hydrogens is 204 g/mol. The minimum atomic E-state index is -0.148. The predicted octanol–water partition coefficient (Wildman–Crippen LogP) is 1.50. The van der Waals surface area contributed by atoms with Gasteiger partial charge in [0.1, 0.15) is 5.75 Å². The van der Waals surface area contributed by atoms with E-state index in [0.717, 1.165) is 18.5 Å². The van der Waals surface area contributed by atoms with Crippen molar-refractivity contribution in [2.75, 3.05) is 18.4 Å². The Morgan fingerprint density at radius 2 is 2.12 bits per heavy atom. The van der Waals surface area contributed by atoms with Gasteiger partial charge in [-0.2, -0.15) is 0 Å². The maximum atomic E-state index is 11.4. The SMILES string of the molecule is CCNCC(=O)Nc1cc(CC)ccc1O. The zero-order valence-electron chi connectivity index (χ0n) is 9.71. The van der Waals surface area contributed by atoms with Gasteiger partial charge in [0.25, 0.3) is 0 Å². The average molecular weight is 222 g/mol. The summed E-state index contributed by atoms with van der Waals surface area (Å²) < 4.78 is 0. The molecule has 0 unspecified atom stereocenters. The summed E-state index contributed by atoms with van der Waals surface area (Å²) in [5, 5.41) is 15.2. The summed E-state index contributed by atoms with van der Waals surface area (Å²) in [5.41, 5.74) is 1.55. The van der Waals surface area contributed by atoms with Gasteiger partial charge in [-0.3, -0.25) is 4.79 Å². The molecule has 0 aromatic heterocycles. The number of hydrogen-bond donors (Lipinski definition) is 3. The summed E-state index contributed by atoms with van der Waals surface area (Å²) in [6.45, 7) is 4.96. The monoisotopic (exact) mass is 222 g/mol. The van der Waals surface area contributed by atoms with Crippen LogP contribution in [0.25, 0.3) is 0 Å². The minimum Gasteiger partial charge on any atom is -0.506 e. The van der Waals surface area contributed by atoms with Gasteiger partial charge in [0.15, 0.2) is 0 Å². The number of amides is 1. The molecule has 3 N–H and O–H groups in total. The number of carbonyl (C=O) groups is 1. The van der Waals surface area contributed by atoms with Crippen LogP contribution in [0.5, 0.6) is 5.75 Å². The lowest BCUT2D eigenvalue weighted by atomic mass is 10.1. The molecule has 1 aromatic carbocycles. The van der Waals surface area contributed by atoms with Crippen LogP contribution in [0.15, 0.2) is 18.2 Å². The first-order valence-corrected chi connectivity index (χ1v) is 5.49. The molecule has 0 aliphatic rings. The maximum Gasteiger partial charge on any atom is 0.238 e. The van der Waals surface area contributed by atoms with Gasteiger partial charge in [-0.05, 0) is 30.7 Å². The minimum absolute atomic E-state index is 0.0991. The Morgan fingerprint density at radius 1 is 1.38 bits per heavy atom. The van der Waals surface area contributed by atoms with Crippen molar-refractivity contribution in [2.24, 2.45) is 0 Å². The van der Waals surface area contributed by atoms with E-state index in [1.165, 1.54) is 0 Å². The van der Waals surface area contributed by atoms with Crippen molar-refractivity contribution < 1.29 is 9.90 Å². The van der Waals surface area contributed by atoms with Gasteiger partial charge >= 0.3 is 0 Å². The second-order valence-corrected chi connectivity index (χ2v) is 3.53. The summed E-state index contributed by atoms with van der Waals surface area (Å²) >= 11 is 0. The third kappa shape index (κ3) is 3.55.